The lowest BCUT2D eigenvalue weighted by molar-refractivity contribution is 0.306. The Labute approximate surface area is 112 Å². The lowest BCUT2D eigenvalue weighted by atomic mass is 10.2. The second-order valence-corrected chi connectivity index (χ2v) is 5.71. The van der Waals surface area contributed by atoms with Crippen LogP contribution in [-0.4, -0.2) is 34.1 Å². The monoisotopic (exact) mass is 268 g/mol. The van der Waals surface area contributed by atoms with Gasteiger partial charge in [-0.1, -0.05) is 6.92 Å². The normalized spacial score (nSPS) is 18.8. The Morgan fingerprint density at radius 1 is 1.56 bits per heavy atom. The summed E-state index contributed by atoms with van der Waals surface area (Å²) in [6.45, 7) is 3.58. The fourth-order valence-corrected chi connectivity index (χ4v) is 3.05. The smallest absolute Gasteiger partial charge is 0.242 e. The molecule has 6 heteroatoms. The van der Waals surface area contributed by atoms with Gasteiger partial charge in [0.2, 0.25) is 5.88 Å². The summed E-state index contributed by atoms with van der Waals surface area (Å²) in [5.74, 6) is 2.42. The van der Waals surface area contributed by atoms with E-state index >= 15 is 0 Å². The second-order valence-electron chi connectivity index (χ2n) is 4.31. The Hall–Kier alpha value is -1.17. The van der Waals surface area contributed by atoms with Crippen molar-refractivity contribution in [1.82, 2.24) is 9.97 Å². The number of nitrogens with zero attached hydrogens (tertiary/aromatic N) is 2. The summed E-state index contributed by atoms with van der Waals surface area (Å²) in [6.07, 6.45) is 5.00. The molecular formula is C12H20N4OS. The number of rotatable bonds is 6. The number of anilines is 2. The van der Waals surface area contributed by atoms with Crippen LogP contribution < -0.4 is 15.8 Å². The largest absolute Gasteiger partial charge is 0.476 e. The second kappa shape index (κ2) is 6.68. The van der Waals surface area contributed by atoms with Crippen molar-refractivity contribution in [2.75, 3.05) is 30.0 Å². The molecule has 1 aliphatic heterocycles. The topological polar surface area (TPSA) is 73.1 Å². The number of aromatic nitrogens is 2. The lowest BCUT2D eigenvalue weighted by Gasteiger charge is -2.13. The van der Waals surface area contributed by atoms with Gasteiger partial charge in [-0.3, -0.25) is 0 Å². The van der Waals surface area contributed by atoms with Crippen molar-refractivity contribution in [2.45, 2.75) is 31.4 Å². The van der Waals surface area contributed by atoms with Gasteiger partial charge in [0.1, 0.15) is 12.0 Å². The standard InChI is InChI=1S/C12H20N4OS/c1-2-5-17-12-10(13)11(15-8-16-12)14-7-9-4-3-6-18-9/h8-9H,2-7,13H2,1H3,(H,14,15,16). The van der Waals surface area contributed by atoms with Crippen molar-refractivity contribution in [3.05, 3.63) is 6.33 Å². The summed E-state index contributed by atoms with van der Waals surface area (Å²) in [5.41, 5.74) is 6.50. The zero-order valence-corrected chi connectivity index (χ0v) is 11.5. The van der Waals surface area contributed by atoms with E-state index in [1.807, 2.05) is 18.7 Å². The highest BCUT2D eigenvalue weighted by atomic mass is 32.2. The molecule has 2 heterocycles. The summed E-state index contributed by atoms with van der Waals surface area (Å²) in [4.78, 5) is 8.22. The van der Waals surface area contributed by atoms with Crippen LogP contribution in [0, 0.1) is 0 Å². The molecule has 100 valence electrons. The van der Waals surface area contributed by atoms with Crippen LogP contribution in [-0.2, 0) is 0 Å². The average molecular weight is 268 g/mol. The maximum Gasteiger partial charge on any atom is 0.242 e. The van der Waals surface area contributed by atoms with E-state index in [0.29, 0.717) is 29.2 Å². The highest BCUT2D eigenvalue weighted by Gasteiger charge is 2.16. The third-order valence-electron chi connectivity index (χ3n) is 2.81. The van der Waals surface area contributed by atoms with Crippen LogP contribution in [0.1, 0.15) is 26.2 Å². The molecule has 0 bridgehead atoms. The first-order valence-electron chi connectivity index (χ1n) is 6.40. The van der Waals surface area contributed by atoms with Gasteiger partial charge in [0.05, 0.1) is 6.61 Å². The number of ether oxygens (including phenoxy) is 1. The number of hydrogen-bond acceptors (Lipinski definition) is 6. The van der Waals surface area contributed by atoms with Gasteiger partial charge in [0.25, 0.3) is 0 Å². The molecule has 0 aliphatic carbocycles. The van der Waals surface area contributed by atoms with E-state index in [-0.39, 0.29) is 0 Å². The van der Waals surface area contributed by atoms with Crippen molar-refractivity contribution in [1.29, 1.82) is 0 Å². The Morgan fingerprint density at radius 2 is 2.44 bits per heavy atom. The Balaban J connectivity index is 1.94. The maximum absolute atomic E-state index is 5.99. The van der Waals surface area contributed by atoms with E-state index in [0.717, 1.165) is 13.0 Å². The molecule has 0 saturated carbocycles. The summed E-state index contributed by atoms with van der Waals surface area (Å²) >= 11 is 2.01. The molecule has 5 nitrogen and oxygen atoms in total. The number of nitrogens with two attached hydrogens (primary N) is 1. The van der Waals surface area contributed by atoms with Gasteiger partial charge in [0.15, 0.2) is 5.82 Å². The molecule has 1 atom stereocenters. The number of hydrogen-bond donors (Lipinski definition) is 2. The fraction of sp³-hybridized carbons (Fsp3) is 0.667. The zero-order valence-electron chi connectivity index (χ0n) is 10.7. The molecule has 2 rings (SSSR count). The highest BCUT2D eigenvalue weighted by molar-refractivity contribution is 8.00. The van der Waals surface area contributed by atoms with Crippen molar-refractivity contribution in [3.8, 4) is 5.88 Å². The van der Waals surface area contributed by atoms with E-state index < -0.39 is 0 Å². The van der Waals surface area contributed by atoms with Gasteiger partial charge in [-0.25, -0.2) is 4.98 Å². The van der Waals surface area contributed by atoms with Gasteiger partial charge >= 0.3 is 0 Å². The predicted molar refractivity (Wildman–Crippen MR) is 76.2 cm³/mol. The molecule has 1 aliphatic rings. The van der Waals surface area contributed by atoms with Crippen molar-refractivity contribution < 1.29 is 4.74 Å². The minimum absolute atomic E-state index is 0.480. The summed E-state index contributed by atoms with van der Waals surface area (Å²) < 4.78 is 5.48. The zero-order chi connectivity index (χ0) is 12.8. The van der Waals surface area contributed by atoms with Gasteiger partial charge in [-0.15, -0.1) is 0 Å². The molecular weight excluding hydrogens is 248 g/mol. The minimum Gasteiger partial charge on any atom is -0.476 e. The first-order valence-corrected chi connectivity index (χ1v) is 7.45. The molecule has 1 fully saturated rings. The molecule has 0 aromatic carbocycles. The number of nitrogen functional groups attached to an aromatic ring is 1. The summed E-state index contributed by atoms with van der Waals surface area (Å²) in [6, 6.07) is 0. The molecule has 1 aromatic rings. The van der Waals surface area contributed by atoms with Crippen LogP contribution in [0.5, 0.6) is 5.88 Å². The molecule has 0 radical (unpaired) electrons. The highest BCUT2D eigenvalue weighted by Crippen LogP contribution is 2.28. The Kier molecular flexibility index (Phi) is 4.92. The molecule has 3 N–H and O–H groups in total. The van der Waals surface area contributed by atoms with Crippen molar-refractivity contribution in [2.24, 2.45) is 0 Å². The van der Waals surface area contributed by atoms with Crippen LogP contribution in [0.4, 0.5) is 11.5 Å². The van der Waals surface area contributed by atoms with Gasteiger partial charge in [-0.05, 0) is 25.0 Å². The van der Waals surface area contributed by atoms with E-state index in [1.165, 1.54) is 24.9 Å². The molecule has 18 heavy (non-hydrogen) atoms. The first-order chi connectivity index (χ1) is 8.81. The predicted octanol–water partition coefficient (Wildman–Crippen LogP) is 2.16. The average Bonchev–Trinajstić information content (AvgIpc) is 2.89. The maximum atomic E-state index is 5.99. The van der Waals surface area contributed by atoms with Gasteiger partial charge < -0.3 is 15.8 Å². The van der Waals surface area contributed by atoms with Crippen molar-refractivity contribution >= 4 is 23.3 Å². The molecule has 1 unspecified atom stereocenters. The molecule has 0 amide bonds. The fourth-order valence-electron chi connectivity index (χ4n) is 1.85. The molecule has 1 aromatic heterocycles. The Bertz CT molecular complexity index is 382. The van der Waals surface area contributed by atoms with Crippen LogP contribution in [0.15, 0.2) is 6.33 Å². The molecule has 1 saturated heterocycles. The van der Waals surface area contributed by atoms with E-state index in [9.17, 15) is 0 Å². The number of nitrogens with one attached hydrogen (secondary N) is 1. The Morgan fingerprint density at radius 3 is 3.17 bits per heavy atom. The van der Waals surface area contributed by atoms with E-state index in [2.05, 4.69) is 15.3 Å². The third-order valence-corrected chi connectivity index (χ3v) is 4.21. The summed E-state index contributed by atoms with van der Waals surface area (Å²) in [5, 5.41) is 3.96. The SMILES string of the molecule is CCCOc1ncnc(NCC2CCCS2)c1N. The lowest BCUT2D eigenvalue weighted by Crippen LogP contribution is -2.16. The summed E-state index contributed by atoms with van der Waals surface area (Å²) in [7, 11) is 0. The van der Waals surface area contributed by atoms with E-state index in [1.54, 1.807) is 0 Å². The van der Waals surface area contributed by atoms with E-state index in [4.69, 9.17) is 10.5 Å². The first kappa shape index (κ1) is 13.3. The van der Waals surface area contributed by atoms with Gasteiger partial charge in [-0.2, -0.15) is 16.7 Å². The quantitative estimate of drug-likeness (QED) is 0.823. The molecule has 0 spiro atoms. The van der Waals surface area contributed by atoms with Crippen LogP contribution in [0.2, 0.25) is 0 Å². The van der Waals surface area contributed by atoms with Gasteiger partial charge in [0, 0.05) is 11.8 Å². The number of thioether (sulfide) groups is 1. The third kappa shape index (κ3) is 3.41. The minimum atomic E-state index is 0.480. The van der Waals surface area contributed by atoms with Crippen LogP contribution in [0.25, 0.3) is 0 Å². The van der Waals surface area contributed by atoms with Crippen molar-refractivity contribution in [3.63, 3.8) is 0 Å². The van der Waals surface area contributed by atoms with Crippen LogP contribution in [0.3, 0.4) is 0 Å². The van der Waals surface area contributed by atoms with Crippen LogP contribution >= 0.6 is 11.8 Å².